The van der Waals surface area contributed by atoms with Crippen LogP contribution in [0.15, 0.2) is 61.2 Å². The summed E-state index contributed by atoms with van der Waals surface area (Å²) in [4.78, 5) is 138. The molecule has 8 N–H and O–H groups in total. The number of fused-ring (bicyclic) bond motifs is 2. The third-order valence-corrected chi connectivity index (χ3v) is 19.2. The second kappa shape index (κ2) is 62.1. The third-order valence-electron chi connectivity index (χ3n) is 17.0. The van der Waals surface area contributed by atoms with Crippen molar-refractivity contribution in [3.63, 3.8) is 0 Å². The van der Waals surface area contributed by atoms with Gasteiger partial charge in [0.2, 0.25) is 23.6 Å². The van der Waals surface area contributed by atoms with Gasteiger partial charge in [-0.1, -0.05) is 12.1 Å². The lowest BCUT2D eigenvalue weighted by molar-refractivity contribution is -0.324. The number of nitrogens with zero attached hydrogens (tertiary/aromatic N) is 11. The Morgan fingerprint density at radius 2 is 0.816 bits per heavy atom. The molecule has 4 aliphatic rings. The van der Waals surface area contributed by atoms with Crippen LogP contribution < -0.4 is 27.0 Å². The summed E-state index contributed by atoms with van der Waals surface area (Å²) in [6.07, 6.45) is -19.7. The van der Waals surface area contributed by atoms with Gasteiger partial charge in [0.25, 0.3) is 0 Å². The molecular weight excluding hydrogens is 2100 g/mol. The number of carbonyl (C=O) groups is 10. The number of carbonyl (C=O) groups excluding carboxylic acids is 8. The number of hydrogen-bond donors (Lipinski definition) is 7. The van der Waals surface area contributed by atoms with Crippen LogP contribution in [-0.2, 0) is 164 Å². The van der Waals surface area contributed by atoms with E-state index in [9.17, 15) is 118 Å². The molecule has 136 heavy (non-hydrogen) atoms. The number of nitrogens with one attached hydrogen (secondary N) is 4. The molecule has 4 aromatic heterocycles. The van der Waals surface area contributed by atoms with Gasteiger partial charge in [-0.2, -0.15) is 23.7 Å². The zero-order chi connectivity index (χ0) is 101. The number of nitrogens with two attached hydrogens (primary N) is 1. The fourth-order valence-electron chi connectivity index (χ4n) is 11.8. The Balaban J connectivity index is 0. The fraction of sp³-hybridized carbons (Fsp3) is 0.568. The molecule has 8 atom stereocenters. The molecule has 766 valence electrons. The number of carboxylic acid groups (broad SMARTS) is 2. The number of hydrogen-bond acceptors (Lipinski definition) is 30. The van der Waals surface area contributed by atoms with Gasteiger partial charge in [0.05, 0.1) is 63.1 Å². The molecule has 4 saturated heterocycles. The molecule has 0 radical (unpaired) electrons. The van der Waals surface area contributed by atoms with Crippen LogP contribution in [-0.4, -0.2) is 288 Å². The highest BCUT2D eigenvalue weighted by Crippen LogP contribution is 2.32. The minimum absolute atomic E-state index is 0. The van der Waals surface area contributed by atoms with E-state index in [-0.39, 0.29) is 139 Å². The average molecular weight is 2190 g/mol. The zero-order valence-electron chi connectivity index (χ0n) is 73.1. The van der Waals surface area contributed by atoms with Gasteiger partial charge in [0.15, 0.2) is 11.6 Å². The van der Waals surface area contributed by atoms with Gasteiger partial charge in [0, 0.05) is 213 Å². The number of ketones is 2. The van der Waals surface area contributed by atoms with Crippen LogP contribution in [0.5, 0.6) is 0 Å². The van der Waals surface area contributed by atoms with Crippen molar-refractivity contribution >= 4 is 213 Å². The zero-order valence-corrected chi connectivity index (χ0v) is 83.1. The van der Waals surface area contributed by atoms with Crippen LogP contribution in [0.2, 0.25) is 0 Å². The number of halogens is 18. The Kier molecular flexibility index (Phi) is 59.2. The first kappa shape index (κ1) is 130. The van der Waals surface area contributed by atoms with Crippen molar-refractivity contribution in [1.82, 2.24) is 75.5 Å². The van der Waals surface area contributed by atoms with Crippen molar-refractivity contribution in [2.24, 2.45) is 5.73 Å². The number of benzene rings is 2. The molecule has 6 amide bonds. The van der Waals surface area contributed by atoms with E-state index in [1.54, 1.807) is 104 Å². The summed E-state index contributed by atoms with van der Waals surface area (Å²) in [5, 5.41) is 36.6. The fourth-order valence-corrected chi connectivity index (χ4v) is 11.8. The number of aliphatic carboxylic acids is 2. The largest absolute Gasteiger partial charge is 0.522 e. The van der Waals surface area contributed by atoms with Crippen molar-refractivity contribution in [1.29, 1.82) is 0 Å². The molecule has 62 heteroatoms. The number of aryl methyl sites for hydroxylation is 2. The van der Waals surface area contributed by atoms with Crippen molar-refractivity contribution in [2.75, 3.05) is 78.8 Å². The molecule has 8 heterocycles. The summed E-state index contributed by atoms with van der Waals surface area (Å²) >= 11 is 24.2. The molecule has 0 bridgehead atoms. The summed E-state index contributed by atoms with van der Waals surface area (Å²) < 4.78 is 219. The van der Waals surface area contributed by atoms with E-state index in [2.05, 4.69) is 137 Å². The number of Topliss-reactive ketones (excluding diaryl/α,β-unsaturated/α-hetero) is 2. The number of amides is 6. The SMILES string of the molecule is CC(=O)c1nn(CC(=O)N2C[C@H](F)C[C@H]2C(=O)NCCOC(F)(F)F)c2ccc(-c3cnc(C)nc3)cc12.CC(=O)c1nn(CC(=O)O)c2ccc(-c3cnc(C)nc3)cc12.CC(C)(C)OC(=O)N1C[C@H](F)C[C@H]1C(=O)NCCOC(F)(F)F.CC(C)(C)OC(=O)N1C[C@H](F)C[C@H]1C(=O)O.Cl.Cl.NCCOC(F)(F)F.O=C(NCCOC(F)(F)F)[C@@H]1C[C@@H](F)CN1.S.S=S.S=S=S.S=S=S=S. The predicted octanol–water partition coefficient (Wildman–Crippen LogP) is 9.85. The lowest BCUT2D eigenvalue weighted by Crippen LogP contribution is -2.48. The van der Waals surface area contributed by atoms with Gasteiger partial charge in [-0.05, 0) is 90.8 Å². The summed E-state index contributed by atoms with van der Waals surface area (Å²) in [6.45, 7) is 10.8. The normalized spacial score (nSPS) is 17.5. The molecular formula is C74H96Cl2F16N16O18S10. The monoisotopic (exact) mass is 2190 g/mol. The van der Waals surface area contributed by atoms with Crippen molar-refractivity contribution in [3.05, 3.63) is 84.2 Å². The molecule has 0 unspecified atom stereocenters. The summed E-state index contributed by atoms with van der Waals surface area (Å²) in [5.74, 6) is -4.16. The van der Waals surface area contributed by atoms with E-state index in [1.807, 2.05) is 12.1 Å². The van der Waals surface area contributed by atoms with Crippen molar-refractivity contribution in [3.8, 4) is 22.3 Å². The van der Waals surface area contributed by atoms with Crippen LogP contribution >= 0.6 is 38.3 Å². The Labute approximate surface area is 824 Å². The molecule has 4 aliphatic heterocycles. The van der Waals surface area contributed by atoms with Gasteiger partial charge in [-0.3, -0.25) is 71.7 Å². The van der Waals surface area contributed by atoms with Gasteiger partial charge in [-0.15, -0.1) is 77.5 Å². The first-order valence-electron chi connectivity index (χ1n) is 38.4. The molecule has 0 saturated carbocycles. The first-order chi connectivity index (χ1) is 61.7. The summed E-state index contributed by atoms with van der Waals surface area (Å²) in [5.41, 5.74) is 7.77. The highest BCUT2D eigenvalue weighted by atomic mass is 35.5. The average Bonchev–Trinajstić information content (AvgIpc) is 1.63. The number of rotatable bonds is 23. The Morgan fingerprint density at radius 1 is 0.493 bits per heavy atom. The molecule has 10 rings (SSSR count). The first-order valence-corrected chi connectivity index (χ1v) is 46.4. The topological polar surface area (TPSA) is 438 Å². The van der Waals surface area contributed by atoms with E-state index in [0.717, 1.165) is 45.8 Å². The number of ether oxygens (including phenoxy) is 6. The van der Waals surface area contributed by atoms with Crippen LogP contribution in [0.4, 0.5) is 79.8 Å². The van der Waals surface area contributed by atoms with Crippen LogP contribution in [0.25, 0.3) is 44.1 Å². The Bertz CT molecular complexity index is 4980. The van der Waals surface area contributed by atoms with E-state index < -0.39 is 173 Å². The molecule has 0 spiro atoms. The minimum Gasteiger partial charge on any atom is -0.480 e. The maximum absolute atomic E-state index is 14.2. The lowest BCUT2D eigenvalue weighted by Gasteiger charge is -2.27. The smallest absolute Gasteiger partial charge is 0.480 e. The highest BCUT2D eigenvalue weighted by molar-refractivity contribution is 8.51. The maximum atomic E-state index is 14.2. The number of carboxylic acids is 2. The Morgan fingerprint density at radius 3 is 1.12 bits per heavy atom. The van der Waals surface area contributed by atoms with E-state index in [1.165, 1.54) is 41.0 Å². The van der Waals surface area contributed by atoms with Gasteiger partial charge in [-0.25, -0.2) is 51.9 Å². The Hall–Kier alpha value is -8.21. The highest BCUT2D eigenvalue weighted by Gasteiger charge is 2.45. The van der Waals surface area contributed by atoms with Crippen molar-refractivity contribution in [2.45, 2.75) is 194 Å². The number of aromatic nitrogens is 8. The molecule has 6 aromatic rings. The quantitative estimate of drug-likeness (QED) is 0.0178. The summed E-state index contributed by atoms with van der Waals surface area (Å²) in [6, 6.07) is 6.47. The predicted molar refractivity (Wildman–Crippen MR) is 492 cm³/mol. The maximum Gasteiger partial charge on any atom is 0.522 e. The minimum atomic E-state index is -4.84. The van der Waals surface area contributed by atoms with Gasteiger partial charge >= 0.3 is 49.6 Å². The van der Waals surface area contributed by atoms with E-state index in [0.29, 0.717) is 33.5 Å². The van der Waals surface area contributed by atoms with Crippen LogP contribution in [0.1, 0.15) is 114 Å². The van der Waals surface area contributed by atoms with Crippen molar-refractivity contribution < 1.29 is 157 Å². The van der Waals surface area contributed by atoms with E-state index in [4.69, 9.17) is 25.4 Å². The van der Waals surface area contributed by atoms with Crippen LogP contribution in [0.3, 0.4) is 0 Å². The summed E-state index contributed by atoms with van der Waals surface area (Å²) in [7, 11) is 3.26. The molecule has 0 aliphatic carbocycles. The number of alkyl halides is 16. The van der Waals surface area contributed by atoms with Gasteiger partial charge in [0.1, 0.15) is 90.1 Å². The molecule has 34 nitrogen and oxygen atoms in total. The number of likely N-dealkylation sites (tertiary alicyclic amines) is 3. The standard InChI is InChI=1S/C24H24F4N6O4.C16H14N4O3.C13H20F4N2O4.C10H16FNO4.C8H12F4N2O2.C3H6F3NO.2ClH.S4.S3.S2.H2S/c1-13(35)22-18-7-15(16-9-30-14(2)31-10-16)3-4-19(18)34(32-22)12-21(36)33-11-17(25)8-20(33)23(37)29-5-6-38-24(26,27)28;1-9(21)16-13-5-11(12-6-17-10(2)18-7-12)3-4-14(13)20(19-16)8-15(22)23;1-12(2,3)23-11(21)19-7-8(14)6-9(19)10(20)18-4-5-22-13(15,16)17;1-10(2,3)16-9(15)12-5-6(11)4-7(12)8(13)14;9-5-3-6(14-4-5)7(15)13-1-2-16-8(10,11)12;4-3(5,6)8-2-1-7;;;1-3-4-2;1-3-2;1-2;/h3-4,7,9-10,17,20H,5-6,8,11-12H2,1-2H3,(H,29,37);3-7H,8H2,1-2H3,(H,22,23);8-9H,4-7H2,1-3H3,(H,18,20);6-7H,4-5H2,1-3H3,(H,13,14);5-6,14H,1-4H2,(H,13,15);1-2,7H2;2*1H;;;;1H2/t17-,20+;;8-,9+;6-,7+;5-,6+;;;;;;;/m1.111......./s1. The molecule has 4 fully saturated rings. The second-order valence-electron chi connectivity index (χ2n) is 29.6. The van der Waals surface area contributed by atoms with E-state index >= 15 is 0 Å². The third kappa shape index (κ3) is 49.6. The molecule has 2 aromatic carbocycles. The second-order valence-corrected chi connectivity index (χ2v) is 34.9. The van der Waals surface area contributed by atoms with Gasteiger partial charge < -0.3 is 51.6 Å². The lowest BCUT2D eigenvalue weighted by atomic mass is 10.0. The van der Waals surface area contributed by atoms with Crippen LogP contribution in [0, 0.1) is 13.8 Å².